The van der Waals surface area contributed by atoms with E-state index in [0.29, 0.717) is 0 Å². The third-order valence-corrected chi connectivity index (χ3v) is 4.10. The zero-order chi connectivity index (χ0) is 18.4. The molecule has 0 spiro atoms. The molecular formula is C20H17Cl2N3Pd. The van der Waals surface area contributed by atoms with Crippen molar-refractivity contribution in [2.24, 2.45) is 0 Å². The molecule has 136 valence electrons. The summed E-state index contributed by atoms with van der Waals surface area (Å²) >= 11 is -0.106. The van der Waals surface area contributed by atoms with Crippen molar-refractivity contribution in [2.75, 3.05) is 16.8 Å². The molecular weight excluding hydrogens is 460 g/mol. The monoisotopic (exact) mass is 475 g/mol. The fourth-order valence-electron chi connectivity index (χ4n) is 3.04. The second-order valence-electron chi connectivity index (χ2n) is 5.63. The van der Waals surface area contributed by atoms with Gasteiger partial charge in [-0.25, -0.2) is 0 Å². The molecule has 26 heavy (non-hydrogen) atoms. The molecule has 0 fully saturated rings. The molecule has 0 saturated carbocycles. The van der Waals surface area contributed by atoms with E-state index in [4.69, 9.17) is 19.1 Å². The maximum atomic E-state index is 4.81. The molecule has 0 saturated heterocycles. The van der Waals surface area contributed by atoms with Crippen molar-refractivity contribution >= 4 is 30.4 Å². The Balaban J connectivity index is 0.000000613. The summed E-state index contributed by atoms with van der Waals surface area (Å²) < 4.78 is 0. The van der Waals surface area contributed by atoms with E-state index in [1.54, 1.807) is 0 Å². The van der Waals surface area contributed by atoms with Crippen LogP contribution in [-0.2, 0) is 15.9 Å². The minimum atomic E-state index is -0.106. The van der Waals surface area contributed by atoms with E-state index in [1.165, 1.54) is 5.56 Å². The number of anilines is 2. The van der Waals surface area contributed by atoms with Gasteiger partial charge in [-0.05, 0) is 29.8 Å². The molecule has 0 N–H and O–H groups in total. The molecule has 1 aromatic heterocycles. The zero-order valence-corrected chi connectivity index (χ0v) is 17.1. The Bertz CT molecular complexity index is 778. The van der Waals surface area contributed by atoms with E-state index in [2.05, 4.69) is 71.1 Å². The van der Waals surface area contributed by atoms with Crippen LogP contribution >= 0.6 is 19.1 Å². The number of rotatable bonds is 3. The average molecular weight is 477 g/mol. The molecule has 1 atom stereocenters. The van der Waals surface area contributed by atoms with Crippen LogP contribution in [0.4, 0.5) is 11.4 Å². The van der Waals surface area contributed by atoms with Gasteiger partial charge in [-0.1, -0.05) is 48.5 Å². The molecule has 1 unspecified atom stereocenters. The van der Waals surface area contributed by atoms with Crippen LogP contribution in [0.1, 0.15) is 17.3 Å². The molecule has 3 nitrogen and oxygen atoms in total. The SMILES string of the molecule is CN1[C]N(C(c2ccccc2)c2ccccn2)c2ccccc21.[Cl][Pd][Cl]. The van der Waals surface area contributed by atoms with E-state index in [9.17, 15) is 0 Å². The van der Waals surface area contributed by atoms with Crippen molar-refractivity contribution < 1.29 is 15.9 Å². The van der Waals surface area contributed by atoms with Gasteiger partial charge in [-0.15, -0.1) is 0 Å². The first-order valence-corrected chi connectivity index (χ1v) is 11.9. The van der Waals surface area contributed by atoms with Gasteiger partial charge >= 0.3 is 35.0 Å². The molecule has 0 aliphatic carbocycles. The molecule has 0 bridgehead atoms. The number of halogens is 2. The minimum absolute atomic E-state index is 0.00324. The third kappa shape index (κ3) is 4.22. The van der Waals surface area contributed by atoms with Crippen molar-refractivity contribution in [3.05, 3.63) is 96.9 Å². The van der Waals surface area contributed by atoms with Crippen LogP contribution in [0.3, 0.4) is 0 Å². The number of nitrogens with zero attached hydrogens (tertiary/aromatic N) is 3. The fraction of sp³-hybridized carbons (Fsp3) is 0.100. The summed E-state index contributed by atoms with van der Waals surface area (Å²) in [6.07, 6.45) is 1.84. The van der Waals surface area contributed by atoms with Gasteiger partial charge in [-0.3, -0.25) is 4.98 Å². The molecule has 1 aliphatic rings. The Morgan fingerprint density at radius 1 is 0.885 bits per heavy atom. The summed E-state index contributed by atoms with van der Waals surface area (Å²) in [4.78, 5) is 8.81. The fourth-order valence-corrected chi connectivity index (χ4v) is 3.04. The van der Waals surface area contributed by atoms with Gasteiger partial charge in [0.15, 0.2) is 0 Å². The molecule has 4 rings (SSSR count). The van der Waals surface area contributed by atoms with Gasteiger partial charge in [0, 0.05) is 13.2 Å². The predicted octanol–water partition coefficient (Wildman–Crippen LogP) is 5.50. The first kappa shape index (κ1) is 19.2. The Morgan fingerprint density at radius 3 is 2.15 bits per heavy atom. The predicted molar refractivity (Wildman–Crippen MR) is 105 cm³/mol. The Labute approximate surface area is 170 Å². The molecule has 2 aromatic carbocycles. The normalized spacial score (nSPS) is 13.8. The van der Waals surface area contributed by atoms with Gasteiger partial charge in [-0.2, -0.15) is 0 Å². The topological polar surface area (TPSA) is 19.4 Å². The van der Waals surface area contributed by atoms with E-state index < -0.39 is 0 Å². The number of benzene rings is 2. The number of pyridine rings is 1. The van der Waals surface area contributed by atoms with Crippen molar-refractivity contribution in [1.82, 2.24) is 4.98 Å². The molecule has 6 heteroatoms. The Morgan fingerprint density at radius 2 is 1.50 bits per heavy atom. The van der Waals surface area contributed by atoms with E-state index in [0.717, 1.165) is 17.1 Å². The van der Waals surface area contributed by atoms with Crippen LogP contribution in [0.25, 0.3) is 0 Å². The van der Waals surface area contributed by atoms with Crippen molar-refractivity contribution in [1.29, 1.82) is 0 Å². The quantitative estimate of drug-likeness (QED) is 0.465. The number of hydrogen-bond donors (Lipinski definition) is 0. The number of hydrogen-bond acceptors (Lipinski definition) is 3. The van der Waals surface area contributed by atoms with Gasteiger partial charge in [0.25, 0.3) is 0 Å². The summed E-state index contributed by atoms with van der Waals surface area (Å²) in [7, 11) is 11.7. The summed E-state index contributed by atoms with van der Waals surface area (Å²) in [5.74, 6) is 0. The average Bonchev–Trinajstić information content (AvgIpc) is 3.01. The van der Waals surface area contributed by atoms with Gasteiger partial charge in [0.05, 0.1) is 23.1 Å². The molecule has 2 radical (unpaired) electrons. The summed E-state index contributed by atoms with van der Waals surface area (Å²) in [6, 6.07) is 24.9. The summed E-state index contributed by atoms with van der Waals surface area (Å²) in [5.41, 5.74) is 4.51. The van der Waals surface area contributed by atoms with Crippen LogP contribution in [0.5, 0.6) is 0 Å². The van der Waals surface area contributed by atoms with Gasteiger partial charge in [0.1, 0.15) is 0 Å². The molecule has 0 amide bonds. The van der Waals surface area contributed by atoms with Crippen LogP contribution in [0.2, 0.25) is 0 Å². The van der Waals surface area contributed by atoms with Crippen molar-refractivity contribution in [2.45, 2.75) is 6.04 Å². The van der Waals surface area contributed by atoms with Crippen LogP contribution in [-0.4, -0.2) is 12.0 Å². The molecule has 3 aromatic rings. The molecule has 1 aliphatic heterocycles. The first-order chi connectivity index (χ1) is 12.8. The van der Waals surface area contributed by atoms with Crippen molar-refractivity contribution in [3.8, 4) is 0 Å². The molecule has 2 heterocycles. The van der Waals surface area contributed by atoms with Gasteiger partial charge in [0.2, 0.25) is 6.67 Å². The maximum absolute atomic E-state index is 4.81. The third-order valence-electron chi connectivity index (χ3n) is 4.10. The van der Waals surface area contributed by atoms with Crippen LogP contribution in [0, 0.1) is 6.67 Å². The van der Waals surface area contributed by atoms with E-state index >= 15 is 0 Å². The van der Waals surface area contributed by atoms with Crippen LogP contribution < -0.4 is 9.80 Å². The Hall–Kier alpha value is -1.57. The van der Waals surface area contributed by atoms with E-state index in [-0.39, 0.29) is 22.0 Å². The van der Waals surface area contributed by atoms with Crippen LogP contribution in [0.15, 0.2) is 79.0 Å². The zero-order valence-electron chi connectivity index (χ0n) is 14.0. The summed E-state index contributed by atoms with van der Waals surface area (Å²) in [6.45, 7) is 3.44. The number of aromatic nitrogens is 1. The first-order valence-electron chi connectivity index (χ1n) is 7.92. The summed E-state index contributed by atoms with van der Waals surface area (Å²) in [5, 5.41) is 0. The van der Waals surface area contributed by atoms with E-state index in [1.807, 2.05) is 36.3 Å². The number of fused-ring (bicyclic) bond motifs is 1. The Kier molecular flexibility index (Phi) is 6.94. The van der Waals surface area contributed by atoms with Crippen molar-refractivity contribution in [3.63, 3.8) is 0 Å². The standard InChI is InChI=1S/C20H17N3.2ClH.Pd/c1-22-15-23(19-13-6-5-12-18(19)22)20(16-9-3-2-4-10-16)17-11-7-8-14-21-17;;;/h2-14,20H,1H3;2*1H;/q;;;+2/p-2. The number of para-hydroxylation sites is 2. The second kappa shape index (κ2) is 9.39. The van der Waals surface area contributed by atoms with Gasteiger partial charge < -0.3 is 9.80 Å². The second-order valence-corrected chi connectivity index (χ2v) is 7.99.